The second-order valence-electron chi connectivity index (χ2n) is 6.19. The Morgan fingerprint density at radius 1 is 1.17 bits per heavy atom. The molecule has 0 fully saturated rings. The summed E-state index contributed by atoms with van der Waals surface area (Å²) in [6, 6.07) is 13.2. The van der Waals surface area contributed by atoms with E-state index >= 15 is 0 Å². The minimum Gasteiger partial charge on any atom is -0.406 e. The van der Waals surface area contributed by atoms with Gasteiger partial charge in [-0.15, -0.1) is 37.1 Å². The molecule has 3 aromatic rings. The number of ether oxygens (including phenoxy) is 1. The van der Waals surface area contributed by atoms with E-state index in [1.807, 2.05) is 31.2 Å². The van der Waals surface area contributed by atoms with Crippen LogP contribution in [-0.2, 0) is 13.1 Å². The zero-order chi connectivity index (χ0) is 20.9. The van der Waals surface area contributed by atoms with E-state index in [0.717, 1.165) is 22.5 Å². The van der Waals surface area contributed by atoms with E-state index in [1.54, 1.807) is 0 Å². The van der Waals surface area contributed by atoms with E-state index in [1.165, 1.54) is 24.3 Å². The Kier molecular flexibility index (Phi) is 8.03. The number of hydrogen-bond donors (Lipinski definition) is 3. The summed E-state index contributed by atoms with van der Waals surface area (Å²) in [5.41, 5.74) is 8.41. The predicted molar refractivity (Wildman–Crippen MR) is 117 cm³/mol. The fraction of sp³-hybridized carbons (Fsp3) is 0.211. The third-order valence-corrected chi connectivity index (χ3v) is 3.84. The van der Waals surface area contributed by atoms with Crippen LogP contribution in [0.2, 0.25) is 0 Å². The lowest BCUT2D eigenvalue weighted by Gasteiger charge is -2.10. The maximum absolute atomic E-state index is 12.2. The van der Waals surface area contributed by atoms with Gasteiger partial charge in [0.25, 0.3) is 0 Å². The van der Waals surface area contributed by atoms with Gasteiger partial charge in [-0.25, -0.2) is 9.98 Å². The zero-order valence-corrected chi connectivity index (χ0v) is 18.2. The van der Waals surface area contributed by atoms with Gasteiger partial charge >= 0.3 is 6.36 Å². The normalized spacial score (nSPS) is 11.7. The Bertz CT molecular complexity index is 988. The molecule has 160 valence electrons. The summed E-state index contributed by atoms with van der Waals surface area (Å²) in [5.74, 6) is 1.29. The Labute approximate surface area is 188 Å². The number of halogens is 4. The number of aromatic nitrogens is 3. The Morgan fingerprint density at radius 2 is 1.90 bits per heavy atom. The summed E-state index contributed by atoms with van der Waals surface area (Å²) < 4.78 is 40.3. The molecule has 3 rings (SSSR count). The summed E-state index contributed by atoms with van der Waals surface area (Å²) in [6.07, 6.45) is -4.71. The highest BCUT2D eigenvalue weighted by molar-refractivity contribution is 14.0. The van der Waals surface area contributed by atoms with Crippen molar-refractivity contribution in [2.45, 2.75) is 26.4 Å². The maximum atomic E-state index is 12.2. The molecule has 11 heteroatoms. The number of aliphatic imine (C=N–C) groups is 1. The first-order valence-electron chi connectivity index (χ1n) is 8.65. The topological polar surface area (TPSA) is 101 Å². The maximum Gasteiger partial charge on any atom is 0.573 e. The first-order valence-corrected chi connectivity index (χ1v) is 8.65. The molecule has 30 heavy (non-hydrogen) atoms. The molecule has 0 spiro atoms. The molecule has 0 radical (unpaired) electrons. The largest absolute Gasteiger partial charge is 0.573 e. The van der Waals surface area contributed by atoms with Gasteiger partial charge < -0.3 is 15.8 Å². The SMILES string of the molecule is Cc1nc(-c2cccc(CN=C(N)NCc3ccc(OC(F)(F)F)cc3)c2)n[nH]1.I. The van der Waals surface area contributed by atoms with E-state index in [0.29, 0.717) is 18.9 Å². The molecule has 1 heterocycles. The number of aromatic amines is 1. The summed E-state index contributed by atoms with van der Waals surface area (Å²) >= 11 is 0. The van der Waals surface area contributed by atoms with Crippen molar-refractivity contribution >= 4 is 29.9 Å². The van der Waals surface area contributed by atoms with Gasteiger partial charge in [-0.05, 0) is 36.2 Å². The van der Waals surface area contributed by atoms with Gasteiger partial charge in [0.05, 0.1) is 6.54 Å². The molecule has 7 nitrogen and oxygen atoms in total. The van der Waals surface area contributed by atoms with Gasteiger partial charge in [-0.2, -0.15) is 5.10 Å². The average molecular weight is 532 g/mol. The first kappa shape index (κ1) is 23.4. The Hall–Kier alpha value is -2.83. The Morgan fingerprint density at radius 3 is 2.53 bits per heavy atom. The third kappa shape index (κ3) is 7.21. The number of hydrogen-bond acceptors (Lipinski definition) is 4. The number of nitrogens with zero attached hydrogens (tertiary/aromatic N) is 3. The fourth-order valence-electron chi connectivity index (χ4n) is 2.51. The van der Waals surface area contributed by atoms with Crippen molar-refractivity contribution in [3.8, 4) is 17.1 Å². The monoisotopic (exact) mass is 532 g/mol. The van der Waals surface area contributed by atoms with Gasteiger partial charge in [0.2, 0.25) is 0 Å². The molecule has 0 aliphatic carbocycles. The van der Waals surface area contributed by atoms with Crippen LogP contribution in [-0.4, -0.2) is 27.5 Å². The van der Waals surface area contributed by atoms with Crippen molar-refractivity contribution in [2.75, 3.05) is 0 Å². The van der Waals surface area contributed by atoms with Gasteiger partial charge in [0.15, 0.2) is 11.8 Å². The van der Waals surface area contributed by atoms with Gasteiger partial charge in [0, 0.05) is 12.1 Å². The van der Waals surface area contributed by atoms with E-state index in [9.17, 15) is 13.2 Å². The van der Waals surface area contributed by atoms with Crippen LogP contribution in [0.3, 0.4) is 0 Å². The smallest absolute Gasteiger partial charge is 0.406 e. The average Bonchev–Trinajstić information content (AvgIpc) is 3.11. The standard InChI is InChI=1S/C19H19F3N6O.HI/c1-12-26-17(28-27-12)15-4-2-3-14(9-15)11-25-18(23)24-10-13-5-7-16(8-6-13)29-19(20,21)22;/h2-9H,10-11H2,1H3,(H3,23,24,25)(H,26,27,28);1H. The van der Waals surface area contributed by atoms with Crippen LogP contribution >= 0.6 is 24.0 Å². The van der Waals surface area contributed by atoms with Crippen LogP contribution in [0.25, 0.3) is 11.4 Å². The molecule has 1 aromatic heterocycles. The lowest BCUT2D eigenvalue weighted by atomic mass is 10.1. The highest BCUT2D eigenvalue weighted by Gasteiger charge is 2.30. The van der Waals surface area contributed by atoms with Crippen molar-refractivity contribution in [1.29, 1.82) is 0 Å². The predicted octanol–water partition coefficient (Wildman–Crippen LogP) is 3.90. The number of guanidine groups is 1. The fourth-order valence-corrected chi connectivity index (χ4v) is 2.51. The minimum atomic E-state index is -4.71. The molecular weight excluding hydrogens is 512 g/mol. The lowest BCUT2D eigenvalue weighted by molar-refractivity contribution is -0.274. The summed E-state index contributed by atoms with van der Waals surface area (Å²) in [7, 11) is 0. The van der Waals surface area contributed by atoms with Gasteiger partial charge in [-0.3, -0.25) is 5.10 Å². The molecule has 0 saturated carbocycles. The molecule has 0 aliphatic heterocycles. The molecule has 2 aromatic carbocycles. The summed E-state index contributed by atoms with van der Waals surface area (Å²) in [4.78, 5) is 8.57. The van der Waals surface area contributed by atoms with Crippen LogP contribution in [0.1, 0.15) is 17.0 Å². The lowest BCUT2D eigenvalue weighted by Crippen LogP contribution is -2.31. The summed E-state index contributed by atoms with van der Waals surface area (Å²) in [5, 5.41) is 9.85. The minimum absolute atomic E-state index is 0. The van der Waals surface area contributed by atoms with Crippen LogP contribution in [0.5, 0.6) is 5.75 Å². The van der Waals surface area contributed by atoms with Crippen molar-refractivity contribution in [3.05, 3.63) is 65.5 Å². The van der Waals surface area contributed by atoms with Crippen LogP contribution in [0.4, 0.5) is 13.2 Å². The molecular formula is C19H20F3IN6O. The molecule has 0 unspecified atom stereocenters. The third-order valence-electron chi connectivity index (χ3n) is 3.84. The van der Waals surface area contributed by atoms with Crippen LogP contribution < -0.4 is 15.8 Å². The number of alkyl halides is 3. The molecule has 0 atom stereocenters. The first-order chi connectivity index (χ1) is 13.8. The van der Waals surface area contributed by atoms with Crippen molar-refractivity contribution in [1.82, 2.24) is 20.5 Å². The second kappa shape index (κ2) is 10.3. The number of benzene rings is 2. The highest BCUT2D eigenvalue weighted by atomic mass is 127. The molecule has 0 amide bonds. The van der Waals surface area contributed by atoms with Crippen LogP contribution in [0, 0.1) is 6.92 Å². The quantitative estimate of drug-likeness (QED) is 0.254. The van der Waals surface area contributed by atoms with E-state index in [4.69, 9.17) is 5.73 Å². The molecule has 4 N–H and O–H groups in total. The highest BCUT2D eigenvalue weighted by Crippen LogP contribution is 2.22. The summed E-state index contributed by atoms with van der Waals surface area (Å²) in [6.45, 7) is 2.50. The number of aryl methyl sites for hydroxylation is 1. The van der Waals surface area contributed by atoms with E-state index in [2.05, 4.69) is 30.2 Å². The zero-order valence-electron chi connectivity index (χ0n) is 15.9. The van der Waals surface area contributed by atoms with Crippen molar-refractivity contribution < 1.29 is 17.9 Å². The van der Waals surface area contributed by atoms with E-state index < -0.39 is 6.36 Å². The van der Waals surface area contributed by atoms with Crippen molar-refractivity contribution in [3.63, 3.8) is 0 Å². The Balaban J connectivity index is 0.00000320. The molecule has 0 saturated heterocycles. The number of rotatable bonds is 6. The molecule has 0 aliphatic rings. The number of nitrogens with two attached hydrogens (primary N) is 1. The van der Waals surface area contributed by atoms with Gasteiger partial charge in [-0.1, -0.05) is 30.3 Å². The second-order valence-corrected chi connectivity index (χ2v) is 6.19. The van der Waals surface area contributed by atoms with Gasteiger partial charge in [0.1, 0.15) is 11.6 Å². The van der Waals surface area contributed by atoms with Crippen molar-refractivity contribution in [2.24, 2.45) is 10.7 Å². The number of H-pyrrole nitrogens is 1. The van der Waals surface area contributed by atoms with Crippen LogP contribution in [0.15, 0.2) is 53.5 Å². The van der Waals surface area contributed by atoms with E-state index in [-0.39, 0.29) is 35.7 Å². The molecule has 0 bridgehead atoms. The number of nitrogens with one attached hydrogen (secondary N) is 2.